The van der Waals surface area contributed by atoms with Crippen LogP contribution in [0, 0.1) is 10.8 Å². The predicted octanol–water partition coefficient (Wildman–Crippen LogP) is 4.46. The summed E-state index contributed by atoms with van der Waals surface area (Å²) in [5.74, 6) is 0.992. The van der Waals surface area contributed by atoms with Gasteiger partial charge in [-0.25, -0.2) is 0 Å². The highest BCUT2D eigenvalue weighted by molar-refractivity contribution is 6.30. The molecular formula is C16H20ClN3. The standard InChI is InChI=1S/C16H20ClN3/c1-15(2)13(16(15,3)4)12-11(14(18)20-19-12)9-5-7-10(17)8-6-9/h5-8,13H,1-4H3,(H3,18,19,20). The second-order valence-electron chi connectivity index (χ2n) is 6.78. The van der Waals surface area contributed by atoms with Gasteiger partial charge >= 0.3 is 0 Å². The number of nitrogen functional groups attached to an aromatic ring is 1. The molecule has 0 aliphatic heterocycles. The van der Waals surface area contributed by atoms with Crippen LogP contribution in [-0.4, -0.2) is 10.2 Å². The quantitative estimate of drug-likeness (QED) is 0.857. The summed E-state index contributed by atoms with van der Waals surface area (Å²) in [5, 5.41) is 8.11. The van der Waals surface area contributed by atoms with Crippen LogP contribution in [0.2, 0.25) is 5.02 Å². The smallest absolute Gasteiger partial charge is 0.153 e. The number of halogens is 1. The van der Waals surface area contributed by atoms with Crippen molar-refractivity contribution in [3.8, 4) is 11.1 Å². The van der Waals surface area contributed by atoms with Crippen molar-refractivity contribution >= 4 is 17.4 Å². The molecule has 1 aromatic heterocycles. The van der Waals surface area contributed by atoms with Crippen LogP contribution < -0.4 is 5.73 Å². The number of aromatic amines is 1. The number of nitrogens with zero attached hydrogens (tertiary/aromatic N) is 1. The second-order valence-corrected chi connectivity index (χ2v) is 7.22. The third-order valence-electron chi connectivity index (χ3n) is 5.26. The lowest BCUT2D eigenvalue weighted by atomic mass is 9.99. The molecule has 1 aliphatic carbocycles. The van der Waals surface area contributed by atoms with Gasteiger partial charge < -0.3 is 5.73 Å². The summed E-state index contributed by atoms with van der Waals surface area (Å²) >= 11 is 5.96. The Balaban J connectivity index is 2.10. The highest BCUT2D eigenvalue weighted by Gasteiger charge is 2.66. The van der Waals surface area contributed by atoms with Crippen molar-refractivity contribution in [3.63, 3.8) is 0 Å². The van der Waals surface area contributed by atoms with Gasteiger partial charge in [-0.3, -0.25) is 5.10 Å². The first-order valence-corrected chi connectivity index (χ1v) is 7.24. The zero-order valence-electron chi connectivity index (χ0n) is 12.3. The molecule has 0 radical (unpaired) electrons. The molecule has 3 nitrogen and oxygen atoms in total. The molecule has 20 heavy (non-hydrogen) atoms. The van der Waals surface area contributed by atoms with Crippen LogP contribution in [0.5, 0.6) is 0 Å². The number of nitrogens with one attached hydrogen (secondary N) is 1. The van der Waals surface area contributed by atoms with E-state index in [2.05, 4.69) is 37.9 Å². The van der Waals surface area contributed by atoms with Crippen molar-refractivity contribution in [2.24, 2.45) is 10.8 Å². The Hall–Kier alpha value is -1.48. The fraction of sp³-hybridized carbons (Fsp3) is 0.438. The number of rotatable bonds is 2. The molecule has 0 saturated heterocycles. The van der Waals surface area contributed by atoms with Gasteiger partial charge in [-0.2, -0.15) is 5.10 Å². The summed E-state index contributed by atoms with van der Waals surface area (Å²) in [6.07, 6.45) is 0. The number of benzene rings is 1. The van der Waals surface area contributed by atoms with Crippen molar-refractivity contribution in [1.82, 2.24) is 10.2 Å². The monoisotopic (exact) mass is 289 g/mol. The minimum Gasteiger partial charge on any atom is -0.382 e. The van der Waals surface area contributed by atoms with Crippen LogP contribution in [0.25, 0.3) is 11.1 Å². The Labute approximate surface area is 124 Å². The highest BCUT2D eigenvalue weighted by atomic mass is 35.5. The van der Waals surface area contributed by atoms with E-state index >= 15 is 0 Å². The fourth-order valence-corrected chi connectivity index (χ4v) is 3.54. The van der Waals surface area contributed by atoms with Crippen LogP contribution in [0.15, 0.2) is 24.3 Å². The van der Waals surface area contributed by atoms with Gasteiger partial charge in [0.05, 0.1) is 0 Å². The Kier molecular flexibility index (Phi) is 2.71. The molecular weight excluding hydrogens is 270 g/mol. The minimum absolute atomic E-state index is 0.243. The summed E-state index contributed by atoms with van der Waals surface area (Å²) in [5.41, 5.74) is 9.79. The van der Waals surface area contributed by atoms with Crippen LogP contribution in [0.4, 0.5) is 5.82 Å². The fourth-order valence-electron chi connectivity index (χ4n) is 3.42. The number of hydrogen-bond donors (Lipinski definition) is 2. The number of anilines is 1. The van der Waals surface area contributed by atoms with Gasteiger partial charge in [0.25, 0.3) is 0 Å². The lowest BCUT2D eigenvalue weighted by Gasteiger charge is -2.06. The molecule has 1 aromatic carbocycles. The first kappa shape index (κ1) is 13.5. The van der Waals surface area contributed by atoms with E-state index in [0.29, 0.717) is 11.7 Å². The van der Waals surface area contributed by atoms with Crippen LogP contribution in [-0.2, 0) is 0 Å². The summed E-state index contributed by atoms with van der Waals surface area (Å²) in [7, 11) is 0. The average Bonchev–Trinajstić information content (AvgIpc) is 2.65. The number of nitrogens with two attached hydrogens (primary N) is 1. The zero-order chi connectivity index (χ0) is 14.7. The van der Waals surface area contributed by atoms with E-state index in [1.165, 1.54) is 0 Å². The number of H-pyrrole nitrogens is 1. The number of aromatic nitrogens is 2. The molecule has 3 N–H and O–H groups in total. The molecule has 0 unspecified atom stereocenters. The molecule has 1 aliphatic rings. The average molecular weight is 290 g/mol. The van der Waals surface area contributed by atoms with Gasteiger partial charge in [0.1, 0.15) is 0 Å². The highest BCUT2D eigenvalue weighted by Crippen LogP contribution is 2.74. The van der Waals surface area contributed by atoms with Crippen molar-refractivity contribution < 1.29 is 0 Å². The summed E-state index contributed by atoms with van der Waals surface area (Å²) < 4.78 is 0. The van der Waals surface area contributed by atoms with Crippen LogP contribution in [0.1, 0.15) is 39.3 Å². The summed E-state index contributed by atoms with van der Waals surface area (Å²) in [6.45, 7) is 9.17. The van der Waals surface area contributed by atoms with E-state index in [-0.39, 0.29) is 10.8 Å². The maximum atomic E-state index is 6.08. The zero-order valence-corrected chi connectivity index (χ0v) is 13.0. The van der Waals surface area contributed by atoms with E-state index < -0.39 is 0 Å². The van der Waals surface area contributed by atoms with Gasteiger partial charge in [-0.1, -0.05) is 51.4 Å². The van der Waals surface area contributed by atoms with Crippen molar-refractivity contribution in [2.45, 2.75) is 33.6 Å². The van der Waals surface area contributed by atoms with E-state index in [9.17, 15) is 0 Å². The SMILES string of the molecule is CC1(C)C(c2[nH]nc(N)c2-c2ccc(Cl)cc2)C1(C)C. The lowest BCUT2D eigenvalue weighted by molar-refractivity contribution is 0.457. The molecule has 0 amide bonds. The summed E-state index contributed by atoms with van der Waals surface area (Å²) in [4.78, 5) is 0. The molecule has 0 atom stereocenters. The first-order valence-electron chi connectivity index (χ1n) is 6.86. The van der Waals surface area contributed by atoms with Crippen LogP contribution >= 0.6 is 11.6 Å². The van der Waals surface area contributed by atoms with Crippen LogP contribution in [0.3, 0.4) is 0 Å². The predicted molar refractivity (Wildman–Crippen MR) is 83.7 cm³/mol. The largest absolute Gasteiger partial charge is 0.382 e. The Morgan fingerprint density at radius 3 is 2.15 bits per heavy atom. The van der Waals surface area contributed by atoms with Crippen molar-refractivity contribution in [2.75, 3.05) is 5.73 Å². The third kappa shape index (κ3) is 1.69. The molecule has 3 rings (SSSR count). The maximum absolute atomic E-state index is 6.08. The van der Waals surface area contributed by atoms with Gasteiger partial charge in [0.2, 0.25) is 0 Å². The topological polar surface area (TPSA) is 54.7 Å². The molecule has 1 heterocycles. The Morgan fingerprint density at radius 1 is 1.10 bits per heavy atom. The van der Waals surface area contributed by atoms with E-state index in [0.717, 1.165) is 21.8 Å². The van der Waals surface area contributed by atoms with Crippen molar-refractivity contribution in [1.29, 1.82) is 0 Å². The molecule has 106 valence electrons. The van der Waals surface area contributed by atoms with Gasteiger partial charge in [0.15, 0.2) is 5.82 Å². The molecule has 4 heteroatoms. The molecule has 1 saturated carbocycles. The van der Waals surface area contributed by atoms with E-state index in [4.69, 9.17) is 17.3 Å². The van der Waals surface area contributed by atoms with Crippen molar-refractivity contribution in [3.05, 3.63) is 35.0 Å². The third-order valence-corrected chi connectivity index (χ3v) is 5.52. The van der Waals surface area contributed by atoms with Gasteiger partial charge in [0, 0.05) is 22.2 Å². The van der Waals surface area contributed by atoms with E-state index in [1.807, 2.05) is 24.3 Å². The normalized spacial score (nSPS) is 20.1. The van der Waals surface area contributed by atoms with Gasteiger partial charge in [-0.15, -0.1) is 0 Å². The summed E-state index contributed by atoms with van der Waals surface area (Å²) in [6, 6.07) is 7.76. The van der Waals surface area contributed by atoms with E-state index in [1.54, 1.807) is 0 Å². The molecule has 2 aromatic rings. The second kappa shape index (κ2) is 4.01. The first-order chi connectivity index (χ1) is 9.26. The maximum Gasteiger partial charge on any atom is 0.153 e. The molecule has 0 spiro atoms. The lowest BCUT2D eigenvalue weighted by Crippen LogP contribution is -1.95. The molecule has 0 bridgehead atoms. The minimum atomic E-state index is 0.243. The molecule has 1 fully saturated rings. The number of hydrogen-bond acceptors (Lipinski definition) is 2. The Bertz CT molecular complexity index is 639. The van der Waals surface area contributed by atoms with Gasteiger partial charge in [-0.05, 0) is 28.5 Å². The Morgan fingerprint density at radius 2 is 1.65 bits per heavy atom.